The number of allylic oxidation sites excluding steroid dienone is 1. The second-order valence-electron chi connectivity index (χ2n) is 8.08. The lowest BCUT2D eigenvalue weighted by atomic mass is 10.0. The van der Waals surface area contributed by atoms with E-state index >= 15 is 0 Å². The molecule has 0 aromatic heterocycles. The molecule has 0 saturated heterocycles. The molecule has 0 atom stereocenters. The molecule has 0 fully saturated rings. The predicted molar refractivity (Wildman–Crippen MR) is 125 cm³/mol. The number of hydrogen-bond donors (Lipinski definition) is 4. The third-order valence-corrected chi connectivity index (χ3v) is 4.23. The third kappa shape index (κ3) is 6.58. The number of rotatable bonds is 6. The summed E-state index contributed by atoms with van der Waals surface area (Å²) in [5.74, 6) is 5.61. The Morgan fingerprint density at radius 3 is 2.31 bits per heavy atom. The van der Waals surface area contributed by atoms with E-state index in [1.54, 1.807) is 57.2 Å². The molecule has 0 aliphatic heterocycles. The zero-order valence-electron chi connectivity index (χ0n) is 18.9. The second-order valence-corrected chi connectivity index (χ2v) is 8.08. The molecule has 0 aliphatic carbocycles. The molecule has 9 nitrogen and oxygen atoms in total. The number of nitrogens with zero attached hydrogens (tertiary/aromatic N) is 1. The number of amides is 1. The number of nitrogens with two attached hydrogens (primary N) is 2. The number of carbonyl (C=O) groups excluding carboxylic acids is 2. The molecule has 2 aromatic rings. The number of ether oxygens (including phenoxy) is 2. The molecular formula is C23H29N5O4. The largest absolute Gasteiger partial charge is 0.465 e. The summed E-state index contributed by atoms with van der Waals surface area (Å²) in [5.41, 5.74) is 8.13. The maximum absolute atomic E-state index is 12.2. The zero-order chi connectivity index (χ0) is 24.1. The summed E-state index contributed by atoms with van der Waals surface area (Å²) in [5, 5.41) is 12.4. The lowest BCUT2D eigenvalue weighted by molar-refractivity contribution is 0.0598. The van der Waals surface area contributed by atoms with Gasteiger partial charge in [0, 0.05) is 11.8 Å². The zero-order valence-corrected chi connectivity index (χ0v) is 18.9. The summed E-state index contributed by atoms with van der Waals surface area (Å²) < 4.78 is 9.97. The minimum atomic E-state index is -0.662. The van der Waals surface area contributed by atoms with Crippen molar-refractivity contribution in [2.75, 3.05) is 17.4 Å². The van der Waals surface area contributed by atoms with Gasteiger partial charge in [-0.1, -0.05) is 11.6 Å². The van der Waals surface area contributed by atoms with Gasteiger partial charge in [-0.3, -0.25) is 15.7 Å². The highest BCUT2D eigenvalue weighted by Gasteiger charge is 2.19. The van der Waals surface area contributed by atoms with Crippen LogP contribution < -0.4 is 21.9 Å². The van der Waals surface area contributed by atoms with Gasteiger partial charge >= 0.3 is 12.1 Å². The molecule has 0 saturated carbocycles. The Kier molecular flexibility index (Phi) is 7.61. The Hall–Kier alpha value is -3.85. The summed E-state index contributed by atoms with van der Waals surface area (Å²) in [6, 6.07) is 11.6. The first-order chi connectivity index (χ1) is 14.9. The number of esters is 1. The van der Waals surface area contributed by atoms with E-state index in [-0.39, 0.29) is 11.4 Å². The molecule has 0 radical (unpaired) electrons. The molecule has 0 spiro atoms. The van der Waals surface area contributed by atoms with Crippen molar-refractivity contribution in [2.45, 2.75) is 33.3 Å². The Labute approximate surface area is 187 Å². The first kappa shape index (κ1) is 24.4. The van der Waals surface area contributed by atoms with E-state index < -0.39 is 17.7 Å². The van der Waals surface area contributed by atoms with Gasteiger partial charge in [-0.2, -0.15) is 0 Å². The van der Waals surface area contributed by atoms with Gasteiger partial charge in [0.2, 0.25) is 0 Å². The van der Waals surface area contributed by atoms with Crippen molar-refractivity contribution < 1.29 is 19.1 Å². The SMILES string of the molecule is COC(=O)c1ccc(N(N)/C=C(\N)C(=N)c2cc(C)ccc2NC(=O)OC(C)(C)C)cc1. The average molecular weight is 440 g/mol. The van der Waals surface area contributed by atoms with Crippen molar-refractivity contribution in [3.05, 3.63) is 71.1 Å². The molecule has 6 N–H and O–H groups in total. The van der Waals surface area contributed by atoms with Crippen LogP contribution >= 0.6 is 0 Å². The van der Waals surface area contributed by atoms with E-state index in [1.807, 2.05) is 13.0 Å². The second kappa shape index (κ2) is 9.97. The molecule has 170 valence electrons. The summed E-state index contributed by atoms with van der Waals surface area (Å²) in [7, 11) is 1.30. The van der Waals surface area contributed by atoms with Gasteiger partial charge in [0.05, 0.1) is 35.5 Å². The van der Waals surface area contributed by atoms with E-state index in [2.05, 4.69) is 10.1 Å². The molecule has 0 unspecified atom stereocenters. The van der Waals surface area contributed by atoms with Gasteiger partial charge in [-0.15, -0.1) is 0 Å². The third-order valence-electron chi connectivity index (χ3n) is 4.23. The van der Waals surface area contributed by atoms with E-state index in [1.165, 1.54) is 18.3 Å². The highest BCUT2D eigenvalue weighted by molar-refractivity contribution is 6.14. The van der Waals surface area contributed by atoms with Crippen LogP contribution in [0.1, 0.15) is 42.3 Å². The van der Waals surface area contributed by atoms with Gasteiger partial charge in [0.15, 0.2) is 0 Å². The molecule has 2 rings (SSSR count). The van der Waals surface area contributed by atoms with E-state index in [9.17, 15) is 9.59 Å². The van der Waals surface area contributed by atoms with E-state index in [0.717, 1.165) is 5.56 Å². The van der Waals surface area contributed by atoms with Crippen molar-refractivity contribution in [3.8, 4) is 0 Å². The molecular weight excluding hydrogens is 410 g/mol. The number of methoxy groups -OCH3 is 1. The number of hydrogen-bond acceptors (Lipinski definition) is 8. The van der Waals surface area contributed by atoms with Gasteiger partial charge in [0.1, 0.15) is 5.60 Å². The lowest BCUT2D eigenvalue weighted by Crippen LogP contribution is -2.29. The lowest BCUT2D eigenvalue weighted by Gasteiger charge is -2.21. The van der Waals surface area contributed by atoms with Crippen LogP contribution in [0.25, 0.3) is 0 Å². The number of anilines is 2. The van der Waals surface area contributed by atoms with Gasteiger partial charge in [-0.25, -0.2) is 15.4 Å². The molecule has 1 amide bonds. The Morgan fingerprint density at radius 2 is 1.75 bits per heavy atom. The quantitative estimate of drug-likeness (QED) is 0.233. The summed E-state index contributed by atoms with van der Waals surface area (Å²) >= 11 is 0. The monoisotopic (exact) mass is 439 g/mol. The molecule has 0 heterocycles. The first-order valence-corrected chi connectivity index (χ1v) is 9.81. The van der Waals surface area contributed by atoms with Crippen LogP contribution in [0.5, 0.6) is 0 Å². The Bertz CT molecular complexity index is 1040. The summed E-state index contributed by atoms with van der Waals surface area (Å²) in [6.45, 7) is 7.16. The number of benzene rings is 2. The first-order valence-electron chi connectivity index (χ1n) is 9.81. The smallest absolute Gasteiger partial charge is 0.412 e. The van der Waals surface area contributed by atoms with Crippen molar-refractivity contribution in [3.63, 3.8) is 0 Å². The molecule has 2 aromatic carbocycles. The molecule has 0 bridgehead atoms. The fourth-order valence-electron chi connectivity index (χ4n) is 2.72. The van der Waals surface area contributed by atoms with Crippen LogP contribution in [-0.4, -0.2) is 30.5 Å². The molecule has 9 heteroatoms. The van der Waals surface area contributed by atoms with Crippen molar-refractivity contribution in [2.24, 2.45) is 11.6 Å². The Morgan fingerprint density at radius 1 is 1.12 bits per heavy atom. The summed E-state index contributed by atoms with van der Waals surface area (Å²) in [6.07, 6.45) is 0.749. The van der Waals surface area contributed by atoms with Crippen molar-refractivity contribution in [1.82, 2.24) is 0 Å². The highest BCUT2D eigenvalue weighted by atomic mass is 16.6. The predicted octanol–water partition coefficient (Wildman–Crippen LogP) is 3.68. The average Bonchev–Trinajstić information content (AvgIpc) is 2.72. The van der Waals surface area contributed by atoms with Crippen LogP contribution in [0.4, 0.5) is 16.2 Å². The highest BCUT2D eigenvalue weighted by Crippen LogP contribution is 2.22. The minimum absolute atomic E-state index is 0.0265. The standard InChI is InChI=1S/C23H29N5O4/c1-14-6-11-19(27-22(30)32-23(2,3)4)17(12-14)20(25)18(24)13-28(26)16-9-7-15(8-10-16)21(29)31-5/h6-13,25H,24,26H2,1-5H3,(H,27,30)/b18-13-,25-20?. The van der Waals surface area contributed by atoms with Crippen LogP contribution in [-0.2, 0) is 9.47 Å². The molecule has 0 aliphatic rings. The van der Waals surface area contributed by atoms with Gasteiger partial charge < -0.3 is 15.2 Å². The van der Waals surface area contributed by atoms with Crippen LogP contribution in [0, 0.1) is 12.3 Å². The van der Waals surface area contributed by atoms with E-state index in [4.69, 9.17) is 21.7 Å². The van der Waals surface area contributed by atoms with Gasteiger partial charge in [0.25, 0.3) is 0 Å². The Balaban J connectivity index is 2.25. The minimum Gasteiger partial charge on any atom is -0.465 e. The number of carbonyl (C=O) groups is 2. The molecule has 32 heavy (non-hydrogen) atoms. The van der Waals surface area contributed by atoms with Crippen LogP contribution in [0.15, 0.2) is 54.4 Å². The van der Waals surface area contributed by atoms with Crippen LogP contribution in [0.2, 0.25) is 0 Å². The topological polar surface area (TPSA) is 144 Å². The maximum atomic E-state index is 12.2. The maximum Gasteiger partial charge on any atom is 0.412 e. The number of aryl methyl sites for hydroxylation is 1. The number of hydrazine groups is 1. The normalized spacial score (nSPS) is 11.5. The summed E-state index contributed by atoms with van der Waals surface area (Å²) in [4.78, 5) is 23.8. The number of nitrogens with one attached hydrogen (secondary N) is 2. The van der Waals surface area contributed by atoms with Gasteiger partial charge in [-0.05, 0) is 64.1 Å². The fourth-order valence-corrected chi connectivity index (χ4v) is 2.72. The van der Waals surface area contributed by atoms with Crippen molar-refractivity contribution in [1.29, 1.82) is 5.41 Å². The fraction of sp³-hybridized carbons (Fsp3) is 0.261. The van der Waals surface area contributed by atoms with Crippen molar-refractivity contribution >= 4 is 29.1 Å². The van der Waals surface area contributed by atoms with Crippen LogP contribution in [0.3, 0.4) is 0 Å². The van der Waals surface area contributed by atoms with E-state index in [0.29, 0.717) is 22.5 Å².